The van der Waals surface area contributed by atoms with Gasteiger partial charge in [0.05, 0.1) is 6.54 Å². The molecule has 1 unspecified atom stereocenters. The smallest absolute Gasteiger partial charge is 0.236 e. The van der Waals surface area contributed by atoms with Crippen molar-refractivity contribution in [2.75, 3.05) is 19.6 Å². The third kappa shape index (κ3) is 3.07. The lowest BCUT2D eigenvalue weighted by Gasteiger charge is -2.18. The molecule has 0 spiro atoms. The van der Waals surface area contributed by atoms with Gasteiger partial charge in [0.25, 0.3) is 0 Å². The zero-order chi connectivity index (χ0) is 12.3. The molecule has 1 aromatic rings. The highest BCUT2D eigenvalue weighted by Gasteiger charge is 2.18. The van der Waals surface area contributed by atoms with Crippen molar-refractivity contribution in [2.45, 2.75) is 32.7 Å². The number of likely N-dealkylation sites (tertiary alicyclic amines) is 1. The second-order valence-electron chi connectivity index (χ2n) is 4.66. The van der Waals surface area contributed by atoms with Gasteiger partial charge in [-0.1, -0.05) is 0 Å². The van der Waals surface area contributed by atoms with Gasteiger partial charge in [-0.25, -0.2) is 0 Å². The van der Waals surface area contributed by atoms with Crippen LogP contribution in [0.2, 0.25) is 0 Å². The highest BCUT2D eigenvalue weighted by Crippen LogP contribution is 2.23. The molecule has 1 fully saturated rings. The molecule has 0 aliphatic carbocycles. The average Bonchev–Trinajstić information content (AvgIpc) is 2.95. The Kier molecular flexibility index (Phi) is 4.18. The van der Waals surface area contributed by atoms with Gasteiger partial charge >= 0.3 is 0 Å². The summed E-state index contributed by atoms with van der Waals surface area (Å²) in [6.07, 6.45) is 2.32. The van der Waals surface area contributed by atoms with Crippen LogP contribution < -0.4 is 5.32 Å². The maximum atomic E-state index is 11.9. The Morgan fingerprint density at radius 2 is 2.24 bits per heavy atom. The van der Waals surface area contributed by atoms with Gasteiger partial charge in [0, 0.05) is 24.0 Å². The molecule has 0 bridgehead atoms. The van der Waals surface area contributed by atoms with Gasteiger partial charge in [-0.05, 0) is 43.7 Å². The number of thiophene rings is 1. The Bertz CT molecular complexity index is 383. The van der Waals surface area contributed by atoms with E-state index in [1.165, 1.54) is 10.4 Å². The van der Waals surface area contributed by atoms with Crippen LogP contribution in [0.25, 0.3) is 0 Å². The van der Waals surface area contributed by atoms with Crippen molar-refractivity contribution in [2.24, 2.45) is 0 Å². The summed E-state index contributed by atoms with van der Waals surface area (Å²) in [7, 11) is 0. The first-order valence-electron chi connectivity index (χ1n) is 6.23. The summed E-state index contributed by atoms with van der Waals surface area (Å²) in [6, 6.07) is 2.39. The van der Waals surface area contributed by atoms with Gasteiger partial charge < -0.3 is 10.2 Å². The molecule has 1 aliphatic heterocycles. The second kappa shape index (κ2) is 5.65. The third-order valence-electron chi connectivity index (χ3n) is 3.31. The van der Waals surface area contributed by atoms with Crippen molar-refractivity contribution in [3.05, 3.63) is 21.9 Å². The van der Waals surface area contributed by atoms with Crippen molar-refractivity contribution in [1.29, 1.82) is 0 Å². The molecule has 2 rings (SSSR count). The van der Waals surface area contributed by atoms with Crippen molar-refractivity contribution in [3.8, 4) is 0 Å². The minimum Gasteiger partial charge on any atom is -0.342 e. The maximum absolute atomic E-state index is 11.9. The van der Waals surface area contributed by atoms with Crippen LogP contribution in [0.5, 0.6) is 0 Å². The SMILES string of the molecule is Cc1ccsc1C(C)NCC(=O)N1CCCC1. The third-order valence-corrected chi connectivity index (χ3v) is 4.51. The summed E-state index contributed by atoms with van der Waals surface area (Å²) < 4.78 is 0. The molecule has 1 atom stereocenters. The maximum Gasteiger partial charge on any atom is 0.236 e. The quantitative estimate of drug-likeness (QED) is 0.892. The van der Waals surface area contributed by atoms with Gasteiger partial charge in [0.15, 0.2) is 0 Å². The van der Waals surface area contributed by atoms with Crippen molar-refractivity contribution < 1.29 is 4.79 Å². The first-order valence-corrected chi connectivity index (χ1v) is 7.11. The molecule has 17 heavy (non-hydrogen) atoms. The number of amides is 1. The summed E-state index contributed by atoms with van der Waals surface area (Å²) >= 11 is 1.75. The molecular formula is C13H20N2OS. The lowest BCUT2D eigenvalue weighted by atomic mass is 10.2. The van der Waals surface area contributed by atoms with E-state index < -0.39 is 0 Å². The summed E-state index contributed by atoms with van der Waals surface area (Å²) in [4.78, 5) is 15.2. The normalized spacial score (nSPS) is 17.4. The first-order chi connectivity index (χ1) is 8.18. The van der Waals surface area contributed by atoms with E-state index in [4.69, 9.17) is 0 Å². The number of hydrogen-bond donors (Lipinski definition) is 1. The van der Waals surface area contributed by atoms with E-state index in [1.807, 2.05) is 4.90 Å². The van der Waals surface area contributed by atoms with Gasteiger partial charge in [-0.15, -0.1) is 11.3 Å². The van der Waals surface area contributed by atoms with Crippen molar-refractivity contribution in [1.82, 2.24) is 10.2 Å². The molecular weight excluding hydrogens is 232 g/mol. The number of nitrogens with zero attached hydrogens (tertiary/aromatic N) is 1. The summed E-state index contributed by atoms with van der Waals surface area (Å²) in [5, 5.41) is 5.42. The van der Waals surface area contributed by atoms with Crippen LogP contribution in [-0.4, -0.2) is 30.4 Å². The molecule has 1 aliphatic rings. The fourth-order valence-electron chi connectivity index (χ4n) is 2.24. The largest absolute Gasteiger partial charge is 0.342 e. The van der Waals surface area contributed by atoms with E-state index >= 15 is 0 Å². The topological polar surface area (TPSA) is 32.3 Å². The van der Waals surface area contributed by atoms with E-state index in [2.05, 4.69) is 30.6 Å². The van der Waals surface area contributed by atoms with Crippen molar-refractivity contribution >= 4 is 17.2 Å². The Hall–Kier alpha value is -0.870. The van der Waals surface area contributed by atoms with Gasteiger partial charge in [-0.3, -0.25) is 4.79 Å². The number of carbonyl (C=O) groups excluding carboxylic acids is 1. The monoisotopic (exact) mass is 252 g/mol. The molecule has 0 radical (unpaired) electrons. The highest BCUT2D eigenvalue weighted by atomic mass is 32.1. The minimum absolute atomic E-state index is 0.239. The molecule has 1 amide bonds. The van der Waals surface area contributed by atoms with E-state index in [9.17, 15) is 4.79 Å². The van der Waals surface area contributed by atoms with Gasteiger partial charge in [-0.2, -0.15) is 0 Å². The van der Waals surface area contributed by atoms with Crippen molar-refractivity contribution in [3.63, 3.8) is 0 Å². The number of rotatable bonds is 4. The Morgan fingerprint density at radius 3 is 2.82 bits per heavy atom. The standard InChI is InChI=1S/C13H20N2OS/c1-10-5-8-17-13(10)11(2)14-9-12(16)15-6-3-4-7-15/h5,8,11,14H,3-4,6-7,9H2,1-2H3. The predicted molar refractivity (Wildman–Crippen MR) is 71.3 cm³/mol. The molecule has 3 nitrogen and oxygen atoms in total. The van der Waals surface area contributed by atoms with Gasteiger partial charge in [0.1, 0.15) is 0 Å². The highest BCUT2D eigenvalue weighted by molar-refractivity contribution is 7.10. The minimum atomic E-state index is 0.239. The average molecular weight is 252 g/mol. The molecule has 0 aromatic carbocycles. The lowest BCUT2D eigenvalue weighted by molar-refractivity contribution is -0.129. The fraction of sp³-hybridized carbons (Fsp3) is 0.615. The predicted octanol–water partition coefficient (Wildman–Crippen LogP) is 2.33. The van der Waals surface area contributed by atoms with Crippen LogP contribution in [0, 0.1) is 6.92 Å². The van der Waals surface area contributed by atoms with Crippen LogP contribution in [0.3, 0.4) is 0 Å². The molecule has 4 heteroatoms. The van der Waals surface area contributed by atoms with E-state index in [0.29, 0.717) is 6.54 Å². The van der Waals surface area contributed by atoms with Crippen LogP contribution in [0.4, 0.5) is 0 Å². The molecule has 0 saturated carbocycles. The summed E-state index contributed by atoms with van der Waals surface area (Å²) in [5.41, 5.74) is 1.31. The van der Waals surface area contributed by atoms with E-state index in [-0.39, 0.29) is 11.9 Å². The fourth-order valence-corrected chi connectivity index (χ4v) is 3.20. The zero-order valence-electron chi connectivity index (χ0n) is 10.5. The van der Waals surface area contributed by atoms with E-state index in [1.54, 1.807) is 11.3 Å². The Balaban J connectivity index is 1.81. The van der Waals surface area contributed by atoms with Crippen LogP contribution in [0.15, 0.2) is 11.4 Å². The van der Waals surface area contributed by atoms with Crippen LogP contribution in [-0.2, 0) is 4.79 Å². The van der Waals surface area contributed by atoms with Crippen LogP contribution in [0.1, 0.15) is 36.2 Å². The van der Waals surface area contributed by atoms with E-state index in [0.717, 1.165) is 25.9 Å². The molecule has 94 valence electrons. The second-order valence-corrected chi connectivity index (χ2v) is 5.61. The number of nitrogens with one attached hydrogen (secondary N) is 1. The Labute approximate surface area is 107 Å². The summed E-state index contributed by atoms with van der Waals surface area (Å²) in [6.45, 7) is 6.57. The van der Waals surface area contributed by atoms with Crippen LogP contribution >= 0.6 is 11.3 Å². The Morgan fingerprint density at radius 1 is 1.53 bits per heavy atom. The number of hydrogen-bond acceptors (Lipinski definition) is 3. The summed E-state index contributed by atoms with van der Waals surface area (Å²) in [5.74, 6) is 0.239. The molecule has 1 aromatic heterocycles. The zero-order valence-corrected chi connectivity index (χ0v) is 11.3. The number of carbonyl (C=O) groups is 1. The first kappa shape index (κ1) is 12.6. The lowest BCUT2D eigenvalue weighted by Crippen LogP contribution is -2.37. The molecule has 1 N–H and O–H groups in total. The molecule has 2 heterocycles. The molecule has 1 saturated heterocycles. The van der Waals surface area contributed by atoms with Gasteiger partial charge in [0.2, 0.25) is 5.91 Å². The number of aryl methyl sites for hydroxylation is 1.